The van der Waals surface area contributed by atoms with Crippen molar-refractivity contribution < 1.29 is 22.8 Å². The van der Waals surface area contributed by atoms with Gasteiger partial charge in [0.1, 0.15) is 11.2 Å². The Kier molecular flexibility index (Phi) is 7.31. The molecule has 4 aromatic rings. The van der Waals surface area contributed by atoms with Crippen molar-refractivity contribution in [1.29, 1.82) is 0 Å². The highest BCUT2D eigenvalue weighted by atomic mass is 35.5. The van der Waals surface area contributed by atoms with Crippen LogP contribution in [0.25, 0.3) is 16.9 Å². The molecule has 0 unspecified atom stereocenters. The maximum atomic E-state index is 13.5. The van der Waals surface area contributed by atoms with E-state index in [1.807, 2.05) is 0 Å². The number of hydrogen-bond acceptors (Lipinski definition) is 6. The second-order valence-electron chi connectivity index (χ2n) is 8.59. The zero-order valence-corrected chi connectivity index (χ0v) is 21.9. The van der Waals surface area contributed by atoms with E-state index in [1.165, 1.54) is 24.4 Å². The molecule has 2 amide bonds. The number of rotatable bonds is 5. The first-order chi connectivity index (χ1) is 17.8. The number of nitrogens with one attached hydrogen (secondary N) is 2. The SMILES string of the molecule is Cc1nc2cc(C(=O)NC(C)C)c(NC(=O)c3cc(C(F)(F)F)nn3-c3ncccc3Cl)c(Cl)c2nc1C. The van der Waals surface area contributed by atoms with E-state index in [1.54, 1.807) is 27.7 Å². The van der Waals surface area contributed by atoms with Crippen LogP contribution >= 0.6 is 23.2 Å². The van der Waals surface area contributed by atoms with E-state index in [-0.39, 0.29) is 38.7 Å². The summed E-state index contributed by atoms with van der Waals surface area (Å²) in [5.41, 5.74) is -0.434. The van der Waals surface area contributed by atoms with E-state index in [4.69, 9.17) is 23.2 Å². The van der Waals surface area contributed by atoms with Gasteiger partial charge in [0.25, 0.3) is 11.8 Å². The van der Waals surface area contributed by atoms with Crippen LogP contribution in [0.1, 0.15) is 51.8 Å². The summed E-state index contributed by atoms with van der Waals surface area (Å²) in [5.74, 6) is -1.84. The molecule has 0 aliphatic carbocycles. The predicted octanol–water partition coefficient (Wildman–Crippen LogP) is 5.54. The van der Waals surface area contributed by atoms with Crippen LogP contribution in [0.2, 0.25) is 10.0 Å². The number of aromatic nitrogens is 5. The predicted molar refractivity (Wildman–Crippen MR) is 136 cm³/mol. The molecule has 38 heavy (non-hydrogen) atoms. The maximum absolute atomic E-state index is 13.5. The minimum Gasteiger partial charge on any atom is -0.350 e. The quantitative estimate of drug-likeness (QED) is 0.328. The smallest absolute Gasteiger partial charge is 0.350 e. The zero-order chi connectivity index (χ0) is 27.9. The van der Waals surface area contributed by atoms with E-state index in [2.05, 4.69) is 30.7 Å². The summed E-state index contributed by atoms with van der Waals surface area (Å²) in [6.45, 7) is 6.92. The summed E-state index contributed by atoms with van der Waals surface area (Å²) in [4.78, 5) is 39.3. The number of amides is 2. The standard InChI is InChI=1S/C24H20Cl2F3N7O2/c1-10(2)31-22(37)13-8-15-20(33-12(4)11(3)32-15)18(26)19(13)34-23(38)16-9-17(24(27,28)29)35-36(16)21-14(25)6-5-7-30-21/h5-10H,1-4H3,(H,31,37)(H,34,38). The van der Waals surface area contributed by atoms with Gasteiger partial charge in [-0.3, -0.25) is 9.59 Å². The normalized spacial score (nSPS) is 11.7. The number of anilines is 1. The number of aryl methyl sites for hydroxylation is 2. The molecule has 0 atom stereocenters. The number of carbonyl (C=O) groups is 2. The number of pyridine rings is 1. The monoisotopic (exact) mass is 565 g/mol. The number of halogens is 5. The van der Waals surface area contributed by atoms with Crippen molar-refractivity contribution in [3.05, 3.63) is 68.8 Å². The molecule has 0 spiro atoms. The molecule has 0 saturated heterocycles. The first kappa shape index (κ1) is 27.3. The molecule has 198 valence electrons. The van der Waals surface area contributed by atoms with Gasteiger partial charge in [-0.15, -0.1) is 0 Å². The van der Waals surface area contributed by atoms with Crippen molar-refractivity contribution >= 4 is 51.7 Å². The minimum absolute atomic E-state index is 0.0415. The Morgan fingerprint density at radius 3 is 2.37 bits per heavy atom. The van der Waals surface area contributed by atoms with Crippen molar-refractivity contribution in [2.75, 3.05) is 5.32 Å². The zero-order valence-electron chi connectivity index (χ0n) is 20.4. The van der Waals surface area contributed by atoms with Crippen LogP contribution in [0.5, 0.6) is 0 Å². The lowest BCUT2D eigenvalue weighted by molar-refractivity contribution is -0.141. The van der Waals surface area contributed by atoms with Crippen molar-refractivity contribution in [3.8, 4) is 5.82 Å². The van der Waals surface area contributed by atoms with E-state index in [9.17, 15) is 22.8 Å². The third-order valence-electron chi connectivity index (χ3n) is 5.39. The Bertz CT molecular complexity index is 1590. The summed E-state index contributed by atoms with van der Waals surface area (Å²) < 4.78 is 41.3. The molecule has 2 N–H and O–H groups in total. The van der Waals surface area contributed by atoms with Gasteiger partial charge in [-0.05, 0) is 45.9 Å². The van der Waals surface area contributed by atoms with Gasteiger partial charge >= 0.3 is 6.18 Å². The van der Waals surface area contributed by atoms with E-state index in [0.29, 0.717) is 27.7 Å². The molecular formula is C24H20Cl2F3N7O2. The highest BCUT2D eigenvalue weighted by Crippen LogP contribution is 2.35. The van der Waals surface area contributed by atoms with Crippen molar-refractivity contribution in [2.45, 2.75) is 39.9 Å². The fraction of sp³-hybridized carbons (Fsp3) is 0.250. The molecule has 0 aliphatic rings. The van der Waals surface area contributed by atoms with Crippen LogP contribution in [0.4, 0.5) is 18.9 Å². The van der Waals surface area contributed by atoms with E-state index < -0.39 is 29.4 Å². The molecule has 0 saturated carbocycles. The van der Waals surface area contributed by atoms with Gasteiger partial charge in [-0.1, -0.05) is 23.2 Å². The van der Waals surface area contributed by atoms with Crippen molar-refractivity contribution in [1.82, 2.24) is 30.0 Å². The largest absolute Gasteiger partial charge is 0.435 e. The van der Waals surface area contributed by atoms with Gasteiger partial charge in [0.15, 0.2) is 11.5 Å². The Morgan fingerprint density at radius 2 is 1.74 bits per heavy atom. The summed E-state index contributed by atoms with van der Waals surface area (Å²) in [5, 5.41) is 8.54. The van der Waals surface area contributed by atoms with Gasteiger partial charge in [-0.25, -0.2) is 19.6 Å². The Hall–Kier alpha value is -3.77. The fourth-order valence-electron chi connectivity index (χ4n) is 3.52. The number of nitrogens with zero attached hydrogens (tertiary/aromatic N) is 5. The Labute approximate surface area is 224 Å². The topological polar surface area (TPSA) is 115 Å². The molecule has 0 aliphatic heterocycles. The van der Waals surface area contributed by atoms with E-state index in [0.717, 1.165) is 0 Å². The third-order valence-corrected chi connectivity index (χ3v) is 6.05. The second-order valence-corrected chi connectivity index (χ2v) is 9.38. The number of alkyl halides is 3. The summed E-state index contributed by atoms with van der Waals surface area (Å²) in [7, 11) is 0. The molecule has 0 radical (unpaired) electrons. The van der Waals surface area contributed by atoms with Crippen molar-refractivity contribution in [3.63, 3.8) is 0 Å². The molecule has 0 fully saturated rings. The van der Waals surface area contributed by atoms with Gasteiger partial charge < -0.3 is 10.6 Å². The first-order valence-electron chi connectivity index (χ1n) is 11.2. The molecule has 1 aromatic carbocycles. The molecule has 4 rings (SSSR count). The Balaban J connectivity index is 1.89. The van der Waals surface area contributed by atoms with Gasteiger partial charge in [-0.2, -0.15) is 18.3 Å². The third kappa shape index (κ3) is 5.27. The highest BCUT2D eigenvalue weighted by molar-refractivity contribution is 6.39. The lowest BCUT2D eigenvalue weighted by Crippen LogP contribution is -2.31. The lowest BCUT2D eigenvalue weighted by Gasteiger charge is -2.17. The van der Waals surface area contributed by atoms with Crippen LogP contribution in [0.3, 0.4) is 0 Å². The minimum atomic E-state index is -4.87. The molecule has 9 nitrogen and oxygen atoms in total. The molecule has 3 heterocycles. The first-order valence-corrected chi connectivity index (χ1v) is 11.9. The van der Waals surface area contributed by atoms with Crippen LogP contribution in [0.15, 0.2) is 30.5 Å². The average molecular weight is 566 g/mol. The number of benzene rings is 1. The second kappa shape index (κ2) is 10.2. The molecule has 3 aromatic heterocycles. The molecule has 0 bridgehead atoms. The van der Waals surface area contributed by atoms with Crippen LogP contribution in [-0.2, 0) is 6.18 Å². The fourth-order valence-corrected chi connectivity index (χ4v) is 4.01. The number of hydrogen-bond donors (Lipinski definition) is 2. The van der Waals surface area contributed by atoms with Gasteiger partial charge in [0.05, 0.1) is 38.2 Å². The number of fused-ring (bicyclic) bond motifs is 1. The van der Waals surface area contributed by atoms with Gasteiger partial charge in [0.2, 0.25) is 0 Å². The van der Waals surface area contributed by atoms with Crippen molar-refractivity contribution in [2.24, 2.45) is 0 Å². The lowest BCUT2D eigenvalue weighted by atomic mass is 10.1. The van der Waals surface area contributed by atoms with Crippen LogP contribution in [0, 0.1) is 13.8 Å². The maximum Gasteiger partial charge on any atom is 0.435 e. The molecular weight excluding hydrogens is 546 g/mol. The average Bonchev–Trinajstić information content (AvgIpc) is 3.28. The summed E-state index contributed by atoms with van der Waals surface area (Å²) >= 11 is 12.7. The van der Waals surface area contributed by atoms with Gasteiger partial charge in [0, 0.05) is 18.3 Å². The molecule has 14 heteroatoms. The van der Waals surface area contributed by atoms with Crippen LogP contribution in [-0.4, -0.2) is 42.6 Å². The summed E-state index contributed by atoms with van der Waals surface area (Å²) in [6.07, 6.45) is -3.58. The number of carbonyl (C=O) groups excluding carboxylic acids is 2. The van der Waals surface area contributed by atoms with Crippen LogP contribution < -0.4 is 10.6 Å². The highest BCUT2D eigenvalue weighted by Gasteiger charge is 2.37. The summed E-state index contributed by atoms with van der Waals surface area (Å²) in [6, 6.07) is 4.55. The van der Waals surface area contributed by atoms with E-state index >= 15 is 0 Å². The Morgan fingerprint density at radius 1 is 1.05 bits per heavy atom.